The van der Waals surface area contributed by atoms with Crippen LogP contribution in [0.5, 0.6) is 11.5 Å². The van der Waals surface area contributed by atoms with Gasteiger partial charge in [0.15, 0.2) is 17.3 Å². The molecule has 0 amide bonds. The van der Waals surface area contributed by atoms with Crippen molar-refractivity contribution in [2.24, 2.45) is 0 Å². The van der Waals surface area contributed by atoms with Crippen molar-refractivity contribution in [3.05, 3.63) is 83.4 Å². The topological polar surface area (TPSA) is 52.6 Å². The number of carbonyl (C=O) groups is 2. The number of ketones is 1. The van der Waals surface area contributed by atoms with E-state index in [0.29, 0.717) is 33.8 Å². The number of fused-ring (bicyclic) bond motifs is 3. The van der Waals surface area contributed by atoms with E-state index in [1.165, 1.54) is 7.11 Å². The van der Waals surface area contributed by atoms with Crippen LogP contribution in [0.15, 0.2) is 66.7 Å². The van der Waals surface area contributed by atoms with Gasteiger partial charge in [-0.25, -0.2) is 4.79 Å². The van der Waals surface area contributed by atoms with E-state index in [1.54, 1.807) is 48.5 Å². The van der Waals surface area contributed by atoms with E-state index < -0.39 is 5.97 Å². The first kappa shape index (κ1) is 15.1. The maximum atomic E-state index is 12.8. The molecule has 4 heteroatoms. The van der Waals surface area contributed by atoms with Crippen LogP contribution in [0.25, 0.3) is 11.1 Å². The van der Waals surface area contributed by atoms with Crippen LogP contribution in [-0.4, -0.2) is 18.9 Å². The Balaban J connectivity index is 1.79. The number of ether oxygens (including phenoxy) is 2. The molecule has 0 atom stereocenters. The highest BCUT2D eigenvalue weighted by atomic mass is 16.6. The summed E-state index contributed by atoms with van der Waals surface area (Å²) in [7, 11) is 1.52. The number of esters is 1. The zero-order valence-corrected chi connectivity index (χ0v) is 13.5. The Labute approximate surface area is 144 Å². The van der Waals surface area contributed by atoms with Crippen LogP contribution >= 0.6 is 0 Å². The summed E-state index contributed by atoms with van der Waals surface area (Å²) in [6, 6.07) is 19.3. The predicted octanol–water partition coefficient (Wildman–Crippen LogP) is 4.13. The lowest BCUT2D eigenvalue weighted by atomic mass is 9.99. The summed E-state index contributed by atoms with van der Waals surface area (Å²) in [6.45, 7) is 0. The molecule has 4 rings (SSSR count). The third kappa shape index (κ3) is 2.39. The van der Waals surface area contributed by atoms with Crippen LogP contribution < -0.4 is 9.47 Å². The fourth-order valence-electron chi connectivity index (χ4n) is 3.10. The minimum absolute atomic E-state index is 0.0717. The molecule has 3 aromatic rings. The number of para-hydroxylation sites is 2. The van der Waals surface area contributed by atoms with Gasteiger partial charge in [0.25, 0.3) is 0 Å². The van der Waals surface area contributed by atoms with Gasteiger partial charge in [0, 0.05) is 16.7 Å². The number of rotatable bonds is 3. The van der Waals surface area contributed by atoms with Crippen LogP contribution in [-0.2, 0) is 0 Å². The second-order valence-corrected chi connectivity index (χ2v) is 5.64. The summed E-state index contributed by atoms with van der Waals surface area (Å²) < 4.78 is 10.7. The summed E-state index contributed by atoms with van der Waals surface area (Å²) in [6.07, 6.45) is 0. The number of carbonyl (C=O) groups excluding carboxylic acids is 2. The van der Waals surface area contributed by atoms with Gasteiger partial charge in [-0.1, -0.05) is 48.5 Å². The fourth-order valence-corrected chi connectivity index (χ4v) is 3.10. The van der Waals surface area contributed by atoms with Crippen molar-refractivity contribution >= 4 is 11.8 Å². The summed E-state index contributed by atoms with van der Waals surface area (Å²) in [5, 5.41) is 0. The third-order valence-electron chi connectivity index (χ3n) is 4.24. The van der Waals surface area contributed by atoms with Crippen LogP contribution in [0, 0.1) is 0 Å². The zero-order chi connectivity index (χ0) is 17.4. The zero-order valence-electron chi connectivity index (χ0n) is 13.5. The second-order valence-electron chi connectivity index (χ2n) is 5.64. The van der Waals surface area contributed by atoms with E-state index in [-0.39, 0.29) is 5.78 Å². The molecule has 1 aliphatic rings. The summed E-state index contributed by atoms with van der Waals surface area (Å²) >= 11 is 0. The van der Waals surface area contributed by atoms with Crippen LogP contribution in [0.4, 0.5) is 0 Å². The quantitative estimate of drug-likeness (QED) is 0.419. The molecule has 0 N–H and O–H groups in total. The van der Waals surface area contributed by atoms with Crippen molar-refractivity contribution in [3.8, 4) is 22.6 Å². The minimum Gasteiger partial charge on any atom is -0.493 e. The van der Waals surface area contributed by atoms with Gasteiger partial charge in [0.05, 0.1) is 12.7 Å². The Kier molecular flexibility index (Phi) is 3.58. The summed E-state index contributed by atoms with van der Waals surface area (Å²) in [5.74, 6) is 0.216. The molecule has 1 aliphatic carbocycles. The first-order chi connectivity index (χ1) is 12.2. The maximum Gasteiger partial charge on any atom is 0.344 e. The average Bonchev–Trinajstić information content (AvgIpc) is 2.95. The highest BCUT2D eigenvalue weighted by molar-refractivity contribution is 6.24. The molecule has 0 saturated carbocycles. The van der Waals surface area contributed by atoms with E-state index in [2.05, 4.69) is 0 Å². The van der Waals surface area contributed by atoms with Gasteiger partial charge in [-0.3, -0.25) is 4.79 Å². The largest absolute Gasteiger partial charge is 0.493 e. The predicted molar refractivity (Wildman–Crippen MR) is 93.3 cm³/mol. The lowest BCUT2D eigenvalue weighted by Crippen LogP contribution is -2.11. The lowest BCUT2D eigenvalue weighted by Gasteiger charge is -2.11. The van der Waals surface area contributed by atoms with Crippen molar-refractivity contribution < 1.29 is 19.1 Å². The Bertz CT molecular complexity index is 1000. The highest BCUT2D eigenvalue weighted by Crippen LogP contribution is 2.39. The Morgan fingerprint density at radius 1 is 0.760 bits per heavy atom. The van der Waals surface area contributed by atoms with Crippen molar-refractivity contribution in [2.75, 3.05) is 7.11 Å². The van der Waals surface area contributed by atoms with Crippen molar-refractivity contribution in [3.63, 3.8) is 0 Å². The standard InChI is InChI=1S/C21H14O4/c1-24-17-11-4-5-12-18(17)25-21(23)16-10-6-9-15-19(16)13-7-2-3-8-14(13)20(15)22/h2-12H,1H3. The molecule has 0 bridgehead atoms. The summed E-state index contributed by atoms with van der Waals surface area (Å²) in [5.41, 5.74) is 2.88. The molecule has 0 heterocycles. The van der Waals surface area contributed by atoms with E-state index in [9.17, 15) is 9.59 Å². The van der Waals surface area contributed by atoms with Crippen LogP contribution in [0.3, 0.4) is 0 Å². The molecule has 0 aromatic heterocycles. The van der Waals surface area contributed by atoms with Crippen LogP contribution in [0.2, 0.25) is 0 Å². The molecule has 122 valence electrons. The molecular formula is C21H14O4. The monoisotopic (exact) mass is 330 g/mol. The number of hydrogen-bond acceptors (Lipinski definition) is 4. The molecule has 3 aromatic carbocycles. The molecule has 0 unspecified atom stereocenters. The van der Waals surface area contributed by atoms with Crippen molar-refractivity contribution in [2.45, 2.75) is 0 Å². The number of methoxy groups -OCH3 is 1. The first-order valence-corrected chi connectivity index (χ1v) is 7.83. The smallest absolute Gasteiger partial charge is 0.344 e. The molecule has 0 radical (unpaired) electrons. The fraction of sp³-hybridized carbons (Fsp3) is 0.0476. The average molecular weight is 330 g/mol. The lowest BCUT2D eigenvalue weighted by molar-refractivity contribution is 0.0730. The molecule has 25 heavy (non-hydrogen) atoms. The van der Waals surface area contributed by atoms with Gasteiger partial charge >= 0.3 is 5.97 Å². The minimum atomic E-state index is -0.522. The molecule has 0 aliphatic heterocycles. The molecule has 0 fully saturated rings. The van der Waals surface area contributed by atoms with Gasteiger partial charge in [0.1, 0.15) is 0 Å². The van der Waals surface area contributed by atoms with Gasteiger partial charge in [-0.2, -0.15) is 0 Å². The number of hydrogen-bond donors (Lipinski definition) is 0. The van der Waals surface area contributed by atoms with Gasteiger partial charge in [-0.15, -0.1) is 0 Å². The van der Waals surface area contributed by atoms with E-state index in [1.807, 2.05) is 18.2 Å². The SMILES string of the molecule is COc1ccccc1OC(=O)c1cccc2c1-c1ccccc1C2=O. The van der Waals surface area contributed by atoms with Gasteiger partial charge < -0.3 is 9.47 Å². The Hall–Kier alpha value is -3.40. The first-order valence-electron chi connectivity index (χ1n) is 7.83. The van der Waals surface area contributed by atoms with Gasteiger partial charge in [0.2, 0.25) is 0 Å². The molecule has 0 spiro atoms. The Morgan fingerprint density at radius 2 is 1.40 bits per heavy atom. The number of benzene rings is 3. The van der Waals surface area contributed by atoms with E-state index >= 15 is 0 Å². The molecule has 4 nitrogen and oxygen atoms in total. The third-order valence-corrected chi connectivity index (χ3v) is 4.24. The van der Waals surface area contributed by atoms with E-state index in [4.69, 9.17) is 9.47 Å². The Morgan fingerprint density at radius 3 is 2.16 bits per heavy atom. The normalized spacial score (nSPS) is 11.6. The van der Waals surface area contributed by atoms with Crippen molar-refractivity contribution in [1.82, 2.24) is 0 Å². The van der Waals surface area contributed by atoms with Crippen molar-refractivity contribution in [1.29, 1.82) is 0 Å². The van der Waals surface area contributed by atoms with E-state index in [0.717, 1.165) is 5.56 Å². The maximum absolute atomic E-state index is 12.8. The van der Waals surface area contributed by atoms with Crippen LogP contribution in [0.1, 0.15) is 26.3 Å². The summed E-state index contributed by atoms with van der Waals surface area (Å²) in [4.78, 5) is 25.3. The van der Waals surface area contributed by atoms with Gasteiger partial charge in [-0.05, 0) is 23.8 Å². The second kappa shape index (κ2) is 5.91. The molecule has 0 saturated heterocycles. The molecular weight excluding hydrogens is 316 g/mol. The highest BCUT2D eigenvalue weighted by Gasteiger charge is 2.30.